The molecule has 1 nitrogen and oxygen atoms in total. The van der Waals surface area contributed by atoms with Gasteiger partial charge in [0.25, 0.3) is 0 Å². The first-order valence-electron chi connectivity index (χ1n) is 12.1. The van der Waals surface area contributed by atoms with Crippen LogP contribution in [0.15, 0.2) is 78.9 Å². The molecule has 4 rings (SSSR count). The number of rotatable bonds is 6. The first-order valence-corrected chi connectivity index (χ1v) is 12.1. The molecule has 0 N–H and O–H groups in total. The fourth-order valence-corrected chi connectivity index (χ4v) is 4.52. The van der Waals surface area contributed by atoms with Crippen molar-refractivity contribution < 1.29 is 4.74 Å². The lowest BCUT2D eigenvalue weighted by Gasteiger charge is -2.31. The van der Waals surface area contributed by atoms with E-state index < -0.39 is 0 Å². The van der Waals surface area contributed by atoms with Crippen LogP contribution < -0.4 is 4.74 Å². The molecule has 0 spiro atoms. The molecule has 1 unspecified atom stereocenters. The minimum Gasteiger partial charge on any atom is -0.489 e. The van der Waals surface area contributed by atoms with Crippen LogP contribution in [-0.2, 0) is 6.61 Å². The smallest absolute Gasteiger partial charge is 0.120 e. The summed E-state index contributed by atoms with van der Waals surface area (Å²) < 4.78 is 6.18. The van der Waals surface area contributed by atoms with Crippen molar-refractivity contribution in [3.8, 4) is 5.75 Å². The van der Waals surface area contributed by atoms with Crippen LogP contribution in [0.3, 0.4) is 0 Å². The van der Waals surface area contributed by atoms with Gasteiger partial charge in [-0.25, -0.2) is 0 Å². The van der Waals surface area contributed by atoms with Gasteiger partial charge in [0, 0.05) is 0 Å². The highest BCUT2D eigenvalue weighted by Crippen LogP contribution is 2.39. The van der Waals surface area contributed by atoms with Gasteiger partial charge >= 0.3 is 0 Å². The summed E-state index contributed by atoms with van der Waals surface area (Å²) in [6.07, 6.45) is 2.43. The minimum absolute atomic E-state index is 0.269. The average molecular weight is 427 g/mol. The highest BCUT2D eigenvalue weighted by molar-refractivity contribution is 5.86. The summed E-state index contributed by atoms with van der Waals surface area (Å²) in [5.41, 5.74) is 2.93. The van der Waals surface area contributed by atoms with Gasteiger partial charge in [0.1, 0.15) is 12.4 Å². The van der Waals surface area contributed by atoms with Crippen LogP contribution in [-0.4, -0.2) is 0 Å². The Morgan fingerprint density at radius 2 is 1.44 bits per heavy atom. The maximum atomic E-state index is 6.18. The van der Waals surface area contributed by atoms with Crippen molar-refractivity contribution in [2.24, 2.45) is 5.41 Å². The van der Waals surface area contributed by atoms with Crippen molar-refractivity contribution in [3.63, 3.8) is 0 Å². The molecule has 0 fully saturated rings. The summed E-state index contributed by atoms with van der Waals surface area (Å²) in [7, 11) is 0. The lowest BCUT2D eigenvalue weighted by molar-refractivity contribution is 0.303. The quantitative estimate of drug-likeness (QED) is 0.298. The first kappa shape index (κ1) is 23.9. The van der Waals surface area contributed by atoms with Gasteiger partial charge < -0.3 is 4.74 Å². The van der Waals surface area contributed by atoms with Crippen LogP contribution in [0.5, 0.6) is 5.75 Å². The van der Waals surface area contributed by atoms with E-state index in [4.69, 9.17) is 4.74 Å². The van der Waals surface area contributed by atoms with Gasteiger partial charge in [0.15, 0.2) is 0 Å². The summed E-state index contributed by atoms with van der Waals surface area (Å²) in [5, 5.41) is 5.04. The number of benzene rings is 4. The van der Waals surface area contributed by atoms with Crippen molar-refractivity contribution in [2.45, 2.75) is 66.9 Å². The molecule has 1 heteroatoms. The lowest BCUT2D eigenvalue weighted by atomic mass is 9.74. The molecule has 0 saturated carbocycles. The third kappa shape index (κ3) is 5.51. The van der Waals surface area contributed by atoms with E-state index >= 15 is 0 Å². The summed E-state index contributed by atoms with van der Waals surface area (Å²) in [5.74, 6) is 1.50. The molecule has 0 radical (unpaired) electrons. The second-order valence-corrected chi connectivity index (χ2v) is 9.40. The predicted octanol–water partition coefficient (Wildman–Crippen LogP) is 9.53. The van der Waals surface area contributed by atoms with Crippen LogP contribution in [0, 0.1) is 5.41 Å². The molecule has 4 aromatic rings. The zero-order chi connectivity index (χ0) is 23.1. The van der Waals surface area contributed by atoms with E-state index in [-0.39, 0.29) is 5.41 Å². The molecular formula is C31H38O. The molecule has 1 atom stereocenters. The molecule has 0 aromatic heterocycles. The fraction of sp³-hybridized carbons (Fsp3) is 0.355. The Kier molecular flexibility index (Phi) is 7.96. The Morgan fingerprint density at radius 1 is 0.750 bits per heavy atom. The highest BCUT2D eigenvalue weighted by Gasteiger charge is 2.25. The average Bonchev–Trinajstić information content (AvgIpc) is 2.81. The Bertz CT molecular complexity index is 1140. The molecule has 0 heterocycles. The largest absolute Gasteiger partial charge is 0.489 e. The minimum atomic E-state index is 0.269. The monoisotopic (exact) mass is 426 g/mol. The van der Waals surface area contributed by atoms with Gasteiger partial charge in [-0.2, -0.15) is 0 Å². The van der Waals surface area contributed by atoms with E-state index in [9.17, 15) is 0 Å². The van der Waals surface area contributed by atoms with E-state index in [2.05, 4.69) is 107 Å². The van der Waals surface area contributed by atoms with Gasteiger partial charge in [-0.1, -0.05) is 115 Å². The van der Waals surface area contributed by atoms with Gasteiger partial charge in [0.05, 0.1) is 0 Å². The van der Waals surface area contributed by atoms with Gasteiger partial charge in [-0.15, -0.1) is 0 Å². The second kappa shape index (κ2) is 10.7. The zero-order valence-electron chi connectivity index (χ0n) is 20.6. The number of fused-ring (bicyclic) bond motifs is 2. The van der Waals surface area contributed by atoms with Crippen molar-refractivity contribution in [1.29, 1.82) is 0 Å². The Morgan fingerprint density at radius 3 is 2.19 bits per heavy atom. The maximum Gasteiger partial charge on any atom is 0.120 e. The summed E-state index contributed by atoms with van der Waals surface area (Å²) in [6, 6.07) is 28.3. The van der Waals surface area contributed by atoms with E-state index in [0.717, 1.165) is 5.75 Å². The van der Waals surface area contributed by atoms with Gasteiger partial charge in [0.2, 0.25) is 0 Å². The molecule has 0 amide bonds. The molecule has 168 valence electrons. The van der Waals surface area contributed by atoms with Crippen LogP contribution >= 0.6 is 0 Å². The fourth-order valence-electron chi connectivity index (χ4n) is 4.52. The maximum absolute atomic E-state index is 6.18. The van der Waals surface area contributed by atoms with E-state index in [1.165, 1.54) is 45.5 Å². The SMILES string of the molecule is CC.CCCC(c1ccc2cc(OCc3cccc4ccccc34)ccc2c1)C(C)(C)C. The molecule has 0 aliphatic rings. The Balaban J connectivity index is 0.00000141. The normalized spacial score (nSPS) is 12.3. The van der Waals surface area contributed by atoms with Gasteiger partial charge in [-0.3, -0.25) is 0 Å². The Labute approximate surface area is 194 Å². The summed E-state index contributed by atoms with van der Waals surface area (Å²) >= 11 is 0. The summed E-state index contributed by atoms with van der Waals surface area (Å²) in [6.45, 7) is 13.9. The van der Waals surface area contributed by atoms with Crippen LogP contribution in [0.25, 0.3) is 21.5 Å². The van der Waals surface area contributed by atoms with E-state index in [1.54, 1.807) is 0 Å². The molecule has 0 bridgehead atoms. The zero-order valence-corrected chi connectivity index (χ0v) is 20.6. The molecular weight excluding hydrogens is 388 g/mol. The van der Waals surface area contributed by atoms with Crippen LogP contribution in [0.2, 0.25) is 0 Å². The van der Waals surface area contributed by atoms with Gasteiger partial charge in [-0.05, 0) is 62.6 Å². The molecule has 0 aliphatic heterocycles. The third-order valence-corrected chi connectivity index (χ3v) is 6.14. The topological polar surface area (TPSA) is 9.23 Å². The van der Waals surface area contributed by atoms with Crippen molar-refractivity contribution in [3.05, 3.63) is 90.0 Å². The Hall–Kier alpha value is -2.80. The lowest BCUT2D eigenvalue weighted by Crippen LogP contribution is -2.18. The molecule has 4 aromatic carbocycles. The van der Waals surface area contributed by atoms with Crippen molar-refractivity contribution >= 4 is 21.5 Å². The second-order valence-electron chi connectivity index (χ2n) is 9.40. The number of hydrogen-bond acceptors (Lipinski definition) is 1. The first-order chi connectivity index (χ1) is 15.5. The summed E-state index contributed by atoms with van der Waals surface area (Å²) in [4.78, 5) is 0. The molecule has 32 heavy (non-hydrogen) atoms. The van der Waals surface area contributed by atoms with Crippen molar-refractivity contribution in [1.82, 2.24) is 0 Å². The number of ether oxygens (including phenoxy) is 1. The van der Waals surface area contributed by atoms with E-state index in [0.29, 0.717) is 12.5 Å². The predicted molar refractivity (Wildman–Crippen MR) is 141 cm³/mol. The standard InChI is InChI=1S/C29H32O.C2H6/c1-5-9-28(29(2,3)4)24-15-14-23-19-26(17-16-22(23)18-24)30-20-25-12-8-11-21-10-6-7-13-27(21)25;1-2/h6-8,10-19,28H,5,9,20H2,1-4H3;1-2H3. The van der Waals surface area contributed by atoms with Crippen molar-refractivity contribution in [2.75, 3.05) is 0 Å². The highest BCUT2D eigenvalue weighted by atomic mass is 16.5. The third-order valence-electron chi connectivity index (χ3n) is 6.14. The van der Waals surface area contributed by atoms with E-state index in [1.807, 2.05) is 13.8 Å². The van der Waals surface area contributed by atoms with Crippen LogP contribution in [0.1, 0.15) is 71.4 Å². The molecule has 0 aliphatic carbocycles. The number of hydrogen-bond donors (Lipinski definition) is 0. The molecule has 0 saturated heterocycles. The van der Waals surface area contributed by atoms with Crippen LogP contribution in [0.4, 0.5) is 0 Å².